The second-order valence-electron chi connectivity index (χ2n) is 8.32. The van der Waals surface area contributed by atoms with Gasteiger partial charge in [-0.25, -0.2) is 4.98 Å². The molecule has 0 aliphatic carbocycles. The molecular weight excluding hydrogens is 440 g/mol. The highest BCUT2D eigenvalue weighted by Gasteiger charge is 2.19. The van der Waals surface area contributed by atoms with Crippen molar-refractivity contribution in [3.8, 4) is 10.4 Å². The van der Waals surface area contributed by atoms with Gasteiger partial charge in [-0.15, -0.1) is 11.3 Å². The van der Waals surface area contributed by atoms with Crippen LogP contribution in [0.15, 0.2) is 65.6 Å². The van der Waals surface area contributed by atoms with Gasteiger partial charge in [-0.3, -0.25) is 19.0 Å². The first-order chi connectivity index (χ1) is 15.5. The van der Waals surface area contributed by atoms with Gasteiger partial charge < -0.3 is 0 Å². The number of benzene rings is 1. The molecule has 7 heteroatoms. The molecule has 0 saturated carbocycles. The summed E-state index contributed by atoms with van der Waals surface area (Å²) in [5.41, 5.74) is 3.69. The van der Waals surface area contributed by atoms with E-state index < -0.39 is 0 Å². The molecule has 1 saturated heterocycles. The molecule has 5 rings (SSSR count). The number of fused-ring (bicyclic) bond motifs is 1. The van der Waals surface area contributed by atoms with Crippen molar-refractivity contribution in [2.24, 2.45) is 0 Å². The maximum absolute atomic E-state index is 12.5. The first kappa shape index (κ1) is 21.3. The monoisotopic (exact) mass is 464 g/mol. The summed E-state index contributed by atoms with van der Waals surface area (Å²) in [6.45, 7) is 7.60. The molecule has 1 aliphatic rings. The maximum atomic E-state index is 12.5. The maximum Gasteiger partial charge on any atom is 0.258 e. The first-order valence-corrected chi connectivity index (χ1v) is 12.0. The molecule has 0 radical (unpaired) electrons. The Balaban J connectivity index is 1.19. The zero-order chi connectivity index (χ0) is 22.1. The summed E-state index contributed by atoms with van der Waals surface area (Å²) in [6, 6.07) is 18.0. The molecule has 0 amide bonds. The lowest BCUT2D eigenvalue weighted by Gasteiger charge is -2.34. The Bertz CT molecular complexity index is 1310. The molecule has 32 heavy (non-hydrogen) atoms. The fourth-order valence-electron chi connectivity index (χ4n) is 4.16. The normalized spacial score (nSPS) is 15.4. The molecule has 1 aliphatic heterocycles. The van der Waals surface area contributed by atoms with Gasteiger partial charge in [0.05, 0.1) is 5.69 Å². The Hall–Kier alpha value is -2.51. The van der Waals surface area contributed by atoms with Gasteiger partial charge in [0.15, 0.2) is 0 Å². The van der Waals surface area contributed by atoms with Crippen molar-refractivity contribution in [2.75, 3.05) is 26.2 Å². The average Bonchev–Trinajstić information content (AvgIpc) is 3.24. The zero-order valence-corrected chi connectivity index (χ0v) is 19.6. The van der Waals surface area contributed by atoms with Crippen molar-refractivity contribution in [3.05, 3.63) is 92.3 Å². The summed E-state index contributed by atoms with van der Waals surface area (Å²) >= 11 is 8.17. The van der Waals surface area contributed by atoms with Gasteiger partial charge in [0.25, 0.3) is 5.56 Å². The fourth-order valence-corrected chi connectivity index (χ4v) is 5.55. The summed E-state index contributed by atoms with van der Waals surface area (Å²) < 4.78 is 1.62. The number of halogens is 1. The van der Waals surface area contributed by atoms with E-state index in [1.54, 1.807) is 10.5 Å². The third-order valence-electron chi connectivity index (χ3n) is 5.89. The summed E-state index contributed by atoms with van der Waals surface area (Å²) in [5.74, 6) is 0. The van der Waals surface area contributed by atoms with Crippen LogP contribution in [0.4, 0.5) is 0 Å². The number of aryl methyl sites for hydroxylation is 1. The van der Waals surface area contributed by atoms with Gasteiger partial charge in [-0.05, 0) is 36.8 Å². The van der Waals surface area contributed by atoms with Gasteiger partial charge in [0.2, 0.25) is 0 Å². The molecule has 5 nitrogen and oxygen atoms in total. The second-order valence-corrected chi connectivity index (χ2v) is 9.89. The number of hydrogen-bond donors (Lipinski definition) is 0. The van der Waals surface area contributed by atoms with Gasteiger partial charge in [-0.2, -0.15) is 0 Å². The number of piperazine rings is 1. The molecule has 164 valence electrons. The van der Waals surface area contributed by atoms with Crippen LogP contribution >= 0.6 is 22.9 Å². The largest absolute Gasteiger partial charge is 0.296 e. The quantitative estimate of drug-likeness (QED) is 0.429. The van der Waals surface area contributed by atoms with Gasteiger partial charge in [0.1, 0.15) is 5.65 Å². The summed E-state index contributed by atoms with van der Waals surface area (Å²) in [6.07, 6.45) is 1.84. The van der Waals surface area contributed by atoms with Crippen LogP contribution in [0, 0.1) is 6.92 Å². The lowest BCUT2D eigenvalue weighted by Crippen LogP contribution is -2.45. The molecule has 0 unspecified atom stereocenters. The Kier molecular flexibility index (Phi) is 6.11. The topological polar surface area (TPSA) is 40.9 Å². The van der Waals surface area contributed by atoms with Crippen molar-refractivity contribution < 1.29 is 0 Å². The minimum absolute atomic E-state index is 0.0145. The number of aromatic nitrogens is 2. The first-order valence-electron chi connectivity index (χ1n) is 10.8. The molecule has 0 N–H and O–H groups in total. The van der Waals surface area contributed by atoms with Crippen LogP contribution in [0.5, 0.6) is 0 Å². The number of hydrogen-bond acceptors (Lipinski definition) is 5. The molecule has 4 heterocycles. The van der Waals surface area contributed by atoms with Crippen LogP contribution in [0.1, 0.15) is 16.1 Å². The summed E-state index contributed by atoms with van der Waals surface area (Å²) in [7, 11) is 0. The van der Waals surface area contributed by atoms with E-state index in [0.717, 1.165) is 54.6 Å². The molecule has 0 bridgehead atoms. The van der Waals surface area contributed by atoms with Gasteiger partial charge in [0, 0.05) is 71.9 Å². The third-order valence-corrected chi connectivity index (χ3v) is 7.32. The van der Waals surface area contributed by atoms with Crippen LogP contribution in [-0.2, 0) is 13.1 Å². The van der Waals surface area contributed by atoms with E-state index in [1.807, 2.05) is 54.8 Å². The van der Waals surface area contributed by atoms with Crippen molar-refractivity contribution in [1.82, 2.24) is 19.2 Å². The van der Waals surface area contributed by atoms with Crippen molar-refractivity contribution in [2.45, 2.75) is 20.0 Å². The van der Waals surface area contributed by atoms with E-state index in [1.165, 1.54) is 9.75 Å². The molecule has 0 atom stereocenters. The molecular formula is C25H25ClN4OS. The van der Waals surface area contributed by atoms with Crippen LogP contribution < -0.4 is 5.56 Å². The Labute approximate surface area is 196 Å². The minimum Gasteiger partial charge on any atom is -0.296 e. The van der Waals surface area contributed by atoms with Crippen LogP contribution in [0.3, 0.4) is 0 Å². The second kappa shape index (κ2) is 9.16. The van der Waals surface area contributed by atoms with E-state index in [2.05, 4.69) is 28.0 Å². The van der Waals surface area contributed by atoms with E-state index in [4.69, 9.17) is 16.6 Å². The minimum atomic E-state index is -0.0145. The van der Waals surface area contributed by atoms with Gasteiger partial charge >= 0.3 is 0 Å². The lowest BCUT2D eigenvalue weighted by molar-refractivity contribution is 0.122. The molecule has 1 aromatic carbocycles. The van der Waals surface area contributed by atoms with Crippen molar-refractivity contribution >= 4 is 28.6 Å². The van der Waals surface area contributed by atoms with Crippen LogP contribution in [0.2, 0.25) is 5.02 Å². The zero-order valence-electron chi connectivity index (χ0n) is 18.0. The number of nitrogens with zero attached hydrogens (tertiary/aromatic N) is 4. The predicted molar refractivity (Wildman–Crippen MR) is 132 cm³/mol. The van der Waals surface area contributed by atoms with Crippen molar-refractivity contribution in [1.29, 1.82) is 0 Å². The third kappa shape index (κ3) is 4.64. The van der Waals surface area contributed by atoms with E-state index >= 15 is 0 Å². The Morgan fingerprint density at radius 2 is 1.72 bits per heavy atom. The number of pyridine rings is 1. The predicted octanol–water partition coefficient (Wildman–Crippen LogP) is 4.70. The fraction of sp³-hybridized carbons (Fsp3) is 0.280. The number of thiophene rings is 1. The Morgan fingerprint density at radius 1 is 0.969 bits per heavy atom. The lowest BCUT2D eigenvalue weighted by atomic mass is 10.2. The van der Waals surface area contributed by atoms with Gasteiger partial charge in [-0.1, -0.05) is 35.9 Å². The average molecular weight is 465 g/mol. The molecule has 3 aromatic heterocycles. The highest BCUT2D eigenvalue weighted by Crippen LogP contribution is 2.33. The molecule has 1 fully saturated rings. The summed E-state index contributed by atoms with van der Waals surface area (Å²) in [4.78, 5) is 24.6. The highest BCUT2D eigenvalue weighted by molar-refractivity contribution is 7.15. The Morgan fingerprint density at radius 3 is 2.50 bits per heavy atom. The SMILES string of the molecule is Cc1ccc2nc(CN3CCN(Cc4ccc(-c5ccccc5Cl)s4)CC3)cc(=O)n2c1. The molecule has 0 spiro atoms. The smallest absolute Gasteiger partial charge is 0.258 e. The number of rotatable bonds is 5. The summed E-state index contributed by atoms with van der Waals surface area (Å²) in [5, 5.41) is 0.798. The van der Waals surface area contributed by atoms with Crippen LogP contribution in [0.25, 0.3) is 16.1 Å². The highest BCUT2D eigenvalue weighted by atomic mass is 35.5. The van der Waals surface area contributed by atoms with Crippen LogP contribution in [-0.4, -0.2) is 45.4 Å². The standard InChI is InChI=1S/C25H25ClN4OS/c1-18-6-9-24-27-19(14-25(31)30(24)15-18)16-28-10-12-29(13-11-28)17-20-7-8-23(32-20)21-4-2-3-5-22(21)26/h2-9,14-15H,10-13,16-17H2,1H3. The van der Waals surface area contributed by atoms with E-state index in [0.29, 0.717) is 12.2 Å². The van der Waals surface area contributed by atoms with E-state index in [9.17, 15) is 4.79 Å². The van der Waals surface area contributed by atoms with Crippen molar-refractivity contribution in [3.63, 3.8) is 0 Å². The molecule has 4 aromatic rings. The van der Waals surface area contributed by atoms with E-state index in [-0.39, 0.29) is 5.56 Å².